The zero-order valence-corrected chi connectivity index (χ0v) is 11.9. The topological polar surface area (TPSA) is 67.4 Å². The largest absolute Gasteiger partial charge is 0.478 e. The van der Waals surface area contributed by atoms with Crippen molar-refractivity contribution < 1.29 is 18.7 Å². The molecule has 2 N–H and O–H groups in total. The molecule has 0 unspecified atom stereocenters. The van der Waals surface area contributed by atoms with E-state index < -0.39 is 17.8 Å². The van der Waals surface area contributed by atoms with Gasteiger partial charge in [-0.3, -0.25) is 20.4 Å². The summed E-state index contributed by atoms with van der Waals surface area (Å²) in [6.07, 6.45) is 2.87. The van der Waals surface area contributed by atoms with Gasteiger partial charge in [0.05, 0.1) is 0 Å². The molecule has 2 amide bonds. The molecule has 0 saturated heterocycles. The third-order valence-electron chi connectivity index (χ3n) is 3.54. The average molecular weight is 294 g/mol. The second-order valence-electron chi connectivity index (χ2n) is 5.15. The van der Waals surface area contributed by atoms with E-state index in [4.69, 9.17) is 4.74 Å². The zero-order chi connectivity index (χ0) is 15.2. The third kappa shape index (κ3) is 4.18. The number of amides is 2. The maximum absolute atomic E-state index is 13.4. The van der Waals surface area contributed by atoms with E-state index in [0.717, 1.165) is 25.7 Å². The molecule has 1 fully saturated rings. The van der Waals surface area contributed by atoms with Crippen molar-refractivity contribution in [3.63, 3.8) is 0 Å². The molecule has 0 heterocycles. The van der Waals surface area contributed by atoms with Crippen molar-refractivity contribution in [2.24, 2.45) is 5.92 Å². The molecule has 1 aliphatic rings. The third-order valence-corrected chi connectivity index (χ3v) is 3.54. The van der Waals surface area contributed by atoms with Crippen LogP contribution in [0.5, 0.6) is 5.75 Å². The van der Waals surface area contributed by atoms with E-state index in [2.05, 4.69) is 10.9 Å². The molecule has 0 aromatic heterocycles. The van der Waals surface area contributed by atoms with Gasteiger partial charge in [0.25, 0.3) is 5.91 Å². The molecule has 1 aromatic carbocycles. The number of carbonyl (C=O) groups is 2. The highest BCUT2D eigenvalue weighted by Gasteiger charge is 2.24. The smallest absolute Gasteiger partial charge is 0.279 e. The van der Waals surface area contributed by atoms with E-state index >= 15 is 0 Å². The van der Waals surface area contributed by atoms with Gasteiger partial charge in [-0.1, -0.05) is 25.0 Å². The number of nitrogens with one attached hydrogen (secondary N) is 2. The summed E-state index contributed by atoms with van der Waals surface area (Å²) < 4.78 is 18.6. The highest BCUT2D eigenvalue weighted by atomic mass is 19.1. The van der Waals surface area contributed by atoms with Crippen LogP contribution in [-0.4, -0.2) is 17.9 Å². The lowest BCUT2D eigenvalue weighted by Crippen LogP contribution is -2.48. The van der Waals surface area contributed by atoms with Crippen LogP contribution in [0.15, 0.2) is 24.3 Å². The van der Waals surface area contributed by atoms with Crippen LogP contribution in [0.2, 0.25) is 0 Å². The van der Waals surface area contributed by atoms with E-state index in [1.807, 2.05) is 0 Å². The maximum Gasteiger partial charge on any atom is 0.279 e. The van der Waals surface area contributed by atoms with Crippen LogP contribution in [-0.2, 0) is 9.59 Å². The molecule has 21 heavy (non-hydrogen) atoms. The molecule has 114 valence electrons. The Bertz CT molecular complexity index is 515. The van der Waals surface area contributed by atoms with E-state index in [1.54, 1.807) is 6.07 Å². The average Bonchev–Trinajstić information content (AvgIpc) is 3.01. The number of carbonyl (C=O) groups excluding carboxylic acids is 2. The Morgan fingerprint density at radius 3 is 2.57 bits per heavy atom. The quantitative estimate of drug-likeness (QED) is 0.834. The Kier molecular flexibility index (Phi) is 5.14. The summed E-state index contributed by atoms with van der Waals surface area (Å²) in [6, 6.07) is 5.84. The highest BCUT2D eigenvalue weighted by Crippen LogP contribution is 2.24. The molecule has 1 atom stereocenters. The minimum Gasteiger partial charge on any atom is -0.478 e. The summed E-state index contributed by atoms with van der Waals surface area (Å²) >= 11 is 0. The standard InChI is InChI=1S/C15H19FN2O3/c1-10(21-13-9-5-4-8-12(13)16)14(19)17-18-15(20)11-6-2-3-7-11/h4-5,8-11H,2-3,6-7H2,1H3,(H,17,19)(H,18,20)/t10-/m1/s1. The number of para-hydroxylation sites is 1. The summed E-state index contributed by atoms with van der Waals surface area (Å²) in [5.41, 5.74) is 4.71. The number of hydrogen-bond donors (Lipinski definition) is 2. The van der Waals surface area contributed by atoms with Gasteiger partial charge >= 0.3 is 0 Å². The van der Waals surface area contributed by atoms with Crippen LogP contribution >= 0.6 is 0 Å². The second-order valence-corrected chi connectivity index (χ2v) is 5.15. The van der Waals surface area contributed by atoms with Gasteiger partial charge < -0.3 is 4.74 Å². The number of halogens is 1. The number of hydrazine groups is 1. The van der Waals surface area contributed by atoms with E-state index in [-0.39, 0.29) is 17.6 Å². The lowest BCUT2D eigenvalue weighted by atomic mass is 10.1. The summed E-state index contributed by atoms with van der Waals surface area (Å²) in [5, 5.41) is 0. The van der Waals surface area contributed by atoms with Crippen molar-refractivity contribution in [2.75, 3.05) is 0 Å². The fourth-order valence-corrected chi connectivity index (χ4v) is 2.30. The number of hydrogen-bond acceptors (Lipinski definition) is 3. The van der Waals surface area contributed by atoms with Gasteiger partial charge in [0.1, 0.15) is 0 Å². The minimum atomic E-state index is -0.911. The fourth-order valence-electron chi connectivity index (χ4n) is 2.30. The van der Waals surface area contributed by atoms with Gasteiger partial charge in [0.2, 0.25) is 5.91 Å². The van der Waals surface area contributed by atoms with Crippen LogP contribution in [0, 0.1) is 11.7 Å². The Hall–Kier alpha value is -2.11. The van der Waals surface area contributed by atoms with Crippen molar-refractivity contribution in [3.8, 4) is 5.75 Å². The van der Waals surface area contributed by atoms with Gasteiger partial charge in [0.15, 0.2) is 17.7 Å². The second kappa shape index (κ2) is 7.06. The fraction of sp³-hybridized carbons (Fsp3) is 0.467. The molecule has 1 aromatic rings. The molecule has 0 radical (unpaired) electrons. The molecule has 0 aliphatic heterocycles. The predicted octanol–water partition coefficient (Wildman–Crippen LogP) is 1.93. The van der Waals surface area contributed by atoms with Gasteiger partial charge in [0, 0.05) is 5.92 Å². The van der Waals surface area contributed by atoms with Crippen molar-refractivity contribution in [3.05, 3.63) is 30.1 Å². The number of ether oxygens (including phenoxy) is 1. The first-order valence-corrected chi connectivity index (χ1v) is 7.09. The number of rotatable bonds is 4. The monoisotopic (exact) mass is 294 g/mol. The van der Waals surface area contributed by atoms with Gasteiger partial charge in [-0.25, -0.2) is 4.39 Å². The van der Waals surface area contributed by atoms with Crippen molar-refractivity contribution in [1.82, 2.24) is 10.9 Å². The van der Waals surface area contributed by atoms with Crippen molar-refractivity contribution in [2.45, 2.75) is 38.7 Å². The first-order chi connectivity index (χ1) is 10.1. The minimum absolute atomic E-state index is 0.00210. The molecular formula is C15H19FN2O3. The van der Waals surface area contributed by atoms with Crippen LogP contribution < -0.4 is 15.6 Å². The molecular weight excluding hydrogens is 275 g/mol. The van der Waals surface area contributed by atoms with Crippen molar-refractivity contribution in [1.29, 1.82) is 0 Å². The normalized spacial score (nSPS) is 16.3. The molecule has 2 rings (SSSR count). The first-order valence-electron chi connectivity index (χ1n) is 7.09. The Morgan fingerprint density at radius 2 is 1.90 bits per heavy atom. The summed E-state index contributed by atoms with van der Waals surface area (Å²) in [6.45, 7) is 1.49. The Balaban J connectivity index is 1.80. The molecule has 0 bridgehead atoms. The van der Waals surface area contributed by atoms with Crippen LogP contribution in [0.25, 0.3) is 0 Å². The van der Waals surface area contributed by atoms with Crippen molar-refractivity contribution >= 4 is 11.8 Å². The predicted molar refractivity (Wildman–Crippen MR) is 74.7 cm³/mol. The van der Waals surface area contributed by atoms with Crippen LogP contribution in [0.1, 0.15) is 32.6 Å². The zero-order valence-electron chi connectivity index (χ0n) is 11.9. The van der Waals surface area contributed by atoms with Crippen LogP contribution in [0.3, 0.4) is 0 Å². The summed E-state index contributed by atoms with van der Waals surface area (Å²) in [4.78, 5) is 23.6. The summed E-state index contributed by atoms with van der Waals surface area (Å²) in [5.74, 6) is -1.27. The lowest BCUT2D eigenvalue weighted by Gasteiger charge is -2.16. The Morgan fingerprint density at radius 1 is 1.24 bits per heavy atom. The first kappa shape index (κ1) is 15.3. The van der Waals surface area contributed by atoms with E-state index in [9.17, 15) is 14.0 Å². The van der Waals surface area contributed by atoms with Gasteiger partial charge in [-0.15, -0.1) is 0 Å². The van der Waals surface area contributed by atoms with E-state index in [1.165, 1.54) is 25.1 Å². The Labute approximate surface area is 122 Å². The van der Waals surface area contributed by atoms with E-state index in [0.29, 0.717) is 0 Å². The number of benzene rings is 1. The molecule has 1 aliphatic carbocycles. The molecule has 6 heteroatoms. The van der Waals surface area contributed by atoms with Crippen LogP contribution in [0.4, 0.5) is 4.39 Å². The SMILES string of the molecule is C[C@@H](Oc1ccccc1F)C(=O)NNC(=O)C1CCCC1. The molecule has 0 spiro atoms. The lowest BCUT2D eigenvalue weighted by molar-refractivity contribution is -0.134. The molecule has 5 nitrogen and oxygen atoms in total. The summed E-state index contributed by atoms with van der Waals surface area (Å²) in [7, 11) is 0. The van der Waals surface area contributed by atoms with Gasteiger partial charge in [-0.05, 0) is 31.9 Å². The molecule has 1 saturated carbocycles. The highest BCUT2D eigenvalue weighted by molar-refractivity contribution is 5.85. The maximum atomic E-state index is 13.4. The van der Waals surface area contributed by atoms with Gasteiger partial charge in [-0.2, -0.15) is 0 Å².